The Hall–Kier alpha value is -1.02. The van der Waals surface area contributed by atoms with Crippen LogP contribution in [0.2, 0.25) is 0 Å². The van der Waals surface area contributed by atoms with Gasteiger partial charge in [-0.1, -0.05) is 12.1 Å². The molecule has 0 aliphatic rings. The Bertz CT molecular complexity index is 434. The van der Waals surface area contributed by atoms with Gasteiger partial charge in [0.15, 0.2) is 0 Å². The molecule has 0 aliphatic carbocycles. The molecule has 9 heteroatoms. The van der Waals surface area contributed by atoms with Crippen molar-refractivity contribution in [3.05, 3.63) is 29.8 Å². The summed E-state index contributed by atoms with van der Waals surface area (Å²) >= 11 is 0. The number of hydrogen-bond donors (Lipinski definition) is 2. The third-order valence-corrected chi connectivity index (χ3v) is 1.13. The van der Waals surface area contributed by atoms with Crippen LogP contribution < -0.4 is 0 Å². The topological polar surface area (TPSA) is 138 Å². The predicted octanol–water partition coefficient (Wildman–Crippen LogP) is -0.250. The molecule has 2 N–H and O–H groups in total. The van der Waals surface area contributed by atoms with Gasteiger partial charge in [-0.2, -0.15) is 0 Å². The Labute approximate surface area is 104 Å². The molecule has 0 bridgehead atoms. The van der Waals surface area contributed by atoms with Gasteiger partial charge in [0.2, 0.25) is 0 Å². The minimum Gasteiger partial charge on any atom is -0.759 e. The van der Waals surface area contributed by atoms with Crippen LogP contribution in [0.1, 0.15) is 10.4 Å². The van der Waals surface area contributed by atoms with Crippen molar-refractivity contribution in [3.63, 3.8) is 0 Å². The molecule has 0 unspecified atom stereocenters. The van der Waals surface area contributed by atoms with E-state index in [0.29, 0.717) is 0 Å². The largest absolute Gasteiger partial charge is 2.00 e. The first-order valence-corrected chi connectivity index (χ1v) is 4.73. The second-order valence-corrected chi connectivity index (χ2v) is 3.05. The Morgan fingerprint density at radius 3 is 1.81 bits per heavy atom. The predicted molar refractivity (Wildman–Crippen MR) is 45.5 cm³/mol. The molecule has 0 saturated heterocycles. The van der Waals surface area contributed by atoms with Gasteiger partial charge in [-0.3, -0.25) is 8.42 Å². The molecule has 16 heavy (non-hydrogen) atoms. The molecular formula is C7H6O7SZn. The summed E-state index contributed by atoms with van der Waals surface area (Å²) in [4.78, 5) is 10.3. The summed E-state index contributed by atoms with van der Waals surface area (Å²) in [6.07, 6.45) is 0. The number of carboxylic acids is 1. The van der Waals surface area contributed by atoms with E-state index in [1.165, 1.54) is 12.1 Å². The molecule has 0 heterocycles. The number of carboxylic acid groups (broad SMARTS) is 1. The van der Waals surface area contributed by atoms with E-state index in [0.717, 1.165) is 0 Å². The third-order valence-electron chi connectivity index (χ3n) is 1.13. The van der Waals surface area contributed by atoms with E-state index < -0.39 is 16.4 Å². The number of benzene rings is 1. The quantitative estimate of drug-likeness (QED) is 0.414. The van der Waals surface area contributed by atoms with E-state index in [2.05, 4.69) is 0 Å². The molecule has 0 radical (unpaired) electrons. The van der Waals surface area contributed by atoms with Gasteiger partial charge in [0.25, 0.3) is 0 Å². The zero-order valence-electron chi connectivity index (χ0n) is 7.86. The molecule has 0 atom stereocenters. The molecular weight excluding hydrogens is 294 g/mol. The molecule has 1 aromatic rings. The van der Waals surface area contributed by atoms with Crippen LogP contribution in [0.15, 0.2) is 24.3 Å². The normalized spacial score (nSPS) is 9.38. The molecule has 84 valence electrons. The van der Waals surface area contributed by atoms with Crippen molar-refractivity contribution in [2.45, 2.75) is 0 Å². The van der Waals surface area contributed by atoms with E-state index >= 15 is 0 Å². The van der Waals surface area contributed by atoms with Gasteiger partial charge in [0.05, 0.1) is 0 Å². The van der Waals surface area contributed by atoms with Crippen LogP contribution in [0.3, 0.4) is 0 Å². The summed E-state index contributed by atoms with van der Waals surface area (Å²) in [7, 11) is -5.17. The molecule has 0 aromatic heterocycles. The van der Waals surface area contributed by atoms with Crippen LogP contribution >= 0.6 is 0 Å². The Morgan fingerprint density at radius 2 is 1.56 bits per heavy atom. The van der Waals surface area contributed by atoms with Crippen LogP contribution in [0.4, 0.5) is 0 Å². The second kappa shape index (κ2) is 7.29. The maximum atomic E-state index is 10.3. The molecule has 0 spiro atoms. The van der Waals surface area contributed by atoms with Gasteiger partial charge in [-0.15, -0.1) is 0 Å². The smallest absolute Gasteiger partial charge is 0.759 e. The zero-order chi connectivity index (χ0) is 12.1. The number of hydrogen-bond acceptors (Lipinski definition) is 6. The summed E-state index contributed by atoms with van der Waals surface area (Å²) < 4.78 is 34.1. The van der Waals surface area contributed by atoms with Crippen molar-refractivity contribution < 1.29 is 52.0 Å². The average Bonchev–Trinajstić information content (AvgIpc) is 2.01. The minimum atomic E-state index is -5.17. The average molecular weight is 300 g/mol. The number of phenols is 1. The Morgan fingerprint density at radius 1 is 1.19 bits per heavy atom. The first kappa shape index (κ1) is 17.4. The molecule has 1 rings (SSSR count). The summed E-state index contributed by atoms with van der Waals surface area (Å²) in [5.74, 6) is -1.31. The standard InChI is InChI=1S/C7H6O3.H2O4S.Zn/c8-6-4-2-1-3-5(6)7(9)10;1-5(2,3)4;/h1-4,8H,(H,9,10);(H2,1,2,3,4);/q;;+2/p-2. The van der Waals surface area contributed by atoms with Gasteiger partial charge >= 0.3 is 25.4 Å². The first-order chi connectivity index (χ1) is 6.72. The molecule has 0 saturated carbocycles. The van der Waals surface area contributed by atoms with Crippen LogP contribution in [0.25, 0.3) is 0 Å². The molecule has 7 nitrogen and oxygen atoms in total. The van der Waals surface area contributed by atoms with Gasteiger partial charge < -0.3 is 19.3 Å². The van der Waals surface area contributed by atoms with E-state index in [-0.39, 0.29) is 30.8 Å². The Balaban J connectivity index is 0. The molecule has 1 aromatic carbocycles. The van der Waals surface area contributed by atoms with Gasteiger partial charge in [-0.05, 0) is 12.1 Å². The second-order valence-electron chi connectivity index (χ2n) is 2.23. The number of aromatic carboxylic acids is 1. The summed E-state index contributed by atoms with van der Waals surface area (Å²) in [6.45, 7) is 0. The maximum Gasteiger partial charge on any atom is 2.00 e. The van der Waals surface area contributed by atoms with E-state index in [1.54, 1.807) is 12.1 Å². The van der Waals surface area contributed by atoms with Crippen molar-refractivity contribution in [2.75, 3.05) is 0 Å². The molecule has 0 amide bonds. The van der Waals surface area contributed by atoms with Crippen molar-refractivity contribution >= 4 is 16.4 Å². The fourth-order valence-electron chi connectivity index (χ4n) is 0.654. The van der Waals surface area contributed by atoms with Gasteiger partial charge in [0.1, 0.15) is 11.3 Å². The monoisotopic (exact) mass is 298 g/mol. The van der Waals surface area contributed by atoms with Crippen molar-refractivity contribution in [1.29, 1.82) is 0 Å². The number of rotatable bonds is 1. The fourth-order valence-corrected chi connectivity index (χ4v) is 0.654. The minimum absolute atomic E-state index is 0. The van der Waals surface area contributed by atoms with Crippen molar-refractivity contribution in [1.82, 2.24) is 0 Å². The number of para-hydroxylation sites is 1. The Kier molecular flexibility index (Phi) is 7.92. The third kappa shape index (κ3) is 9.54. The SMILES string of the molecule is O=C(O)c1ccccc1O.O=S(=O)([O-])[O-].[Zn+2]. The van der Waals surface area contributed by atoms with Crippen LogP contribution in [0, 0.1) is 0 Å². The van der Waals surface area contributed by atoms with Gasteiger partial charge in [-0.25, -0.2) is 4.79 Å². The van der Waals surface area contributed by atoms with Crippen molar-refractivity contribution in [2.24, 2.45) is 0 Å². The van der Waals surface area contributed by atoms with Crippen LogP contribution in [-0.2, 0) is 29.9 Å². The summed E-state index contributed by atoms with van der Waals surface area (Å²) in [5, 5.41) is 17.3. The van der Waals surface area contributed by atoms with Gasteiger partial charge in [0, 0.05) is 10.4 Å². The number of carbonyl (C=O) groups is 1. The maximum absolute atomic E-state index is 10.3. The zero-order valence-corrected chi connectivity index (χ0v) is 11.6. The van der Waals surface area contributed by atoms with E-state index in [9.17, 15) is 4.79 Å². The van der Waals surface area contributed by atoms with E-state index in [4.69, 9.17) is 27.7 Å². The van der Waals surface area contributed by atoms with Crippen LogP contribution in [-0.4, -0.2) is 33.7 Å². The molecule has 0 aliphatic heterocycles. The fraction of sp³-hybridized carbons (Fsp3) is 0. The summed E-state index contributed by atoms with van der Waals surface area (Å²) in [5.41, 5.74) is -0.0671. The number of aromatic hydroxyl groups is 1. The summed E-state index contributed by atoms with van der Waals surface area (Å²) in [6, 6.07) is 5.81. The first-order valence-electron chi connectivity index (χ1n) is 3.40. The van der Waals surface area contributed by atoms with Crippen molar-refractivity contribution in [3.8, 4) is 5.75 Å². The van der Waals surface area contributed by atoms with E-state index in [1.807, 2.05) is 0 Å². The molecule has 0 fully saturated rings. The van der Waals surface area contributed by atoms with Crippen LogP contribution in [0.5, 0.6) is 5.75 Å².